The van der Waals surface area contributed by atoms with Crippen molar-refractivity contribution < 1.29 is 9.53 Å². The van der Waals surface area contributed by atoms with Gasteiger partial charge in [-0.05, 0) is 57.3 Å². The Morgan fingerprint density at radius 1 is 1.21 bits per heavy atom. The normalized spacial score (nSPS) is 19.2. The molecule has 0 radical (unpaired) electrons. The molecule has 24 heavy (non-hydrogen) atoms. The van der Waals surface area contributed by atoms with Gasteiger partial charge in [0.2, 0.25) is 5.91 Å². The highest BCUT2D eigenvalue weighted by molar-refractivity contribution is 5.76. The summed E-state index contributed by atoms with van der Waals surface area (Å²) in [5.74, 6) is 0.479. The van der Waals surface area contributed by atoms with Crippen LogP contribution in [0.25, 0.3) is 0 Å². The molecular formula is C18H27N3O3. The molecule has 0 unspecified atom stereocenters. The third kappa shape index (κ3) is 4.17. The molecule has 0 spiro atoms. The second kappa shape index (κ2) is 8.33. The van der Waals surface area contributed by atoms with Gasteiger partial charge in [0.05, 0.1) is 13.0 Å². The zero-order chi connectivity index (χ0) is 16.8. The minimum Gasteiger partial charge on any atom is -0.487 e. The van der Waals surface area contributed by atoms with Gasteiger partial charge in [-0.3, -0.25) is 9.59 Å². The van der Waals surface area contributed by atoms with Gasteiger partial charge in [-0.15, -0.1) is 0 Å². The highest BCUT2D eigenvalue weighted by Crippen LogP contribution is 2.17. The van der Waals surface area contributed by atoms with Crippen LogP contribution in [0.4, 0.5) is 0 Å². The smallest absolute Gasteiger partial charge is 0.293 e. The van der Waals surface area contributed by atoms with Gasteiger partial charge in [-0.1, -0.05) is 0 Å². The summed E-state index contributed by atoms with van der Waals surface area (Å²) < 4.78 is 7.41. The van der Waals surface area contributed by atoms with E-state index in [9.17, 15) is 9.59 Å². The Hall–Kier alpha value is -1.82. The predicted octanol–water partition coefficient (Wildman–Crippen LogP) is 1.55. The van der Waals surface area contributed by atoms with Crippen LogP contribution in [0.2, 0.25) is 0 Å². The number of carbonyl (C=O) groups is 1. The molecule has 3 rings (SSSR count). The van der Waals surface area contributed by atoms with Crippen LogP contribution in [0, 0.1) is 0 Å². The van der Waals surface area contributed by atoms with Gasteiger partial charge < -0.3 is 19.5 Å². The summed E-state index contributed by atoms with van der Waals surface area (Å²) in [5, 5.41) is 3.31. The molecule has 2 aliphatic rings. The van der Waals surface area contributed by atoms with Crippen molar-refractivity contribution in [1.82, 2.24) is 14.8 Å². The Labute approximate surface area is 142 Å². The summed E-state index contributed by atoms with van der Waals surface area (Å²) in [6.07, 6.45) is 7.47. The van der Waals surface area contributed by atoms with E-state index in [4.69, 9.17) is 4.74 Å². The van der Waals surface area contributed by atoms with Gasteiger partial charge in [0, 0.05) is 25.3 Å². The van der Waals surface area contributed by atoms with Gasteiger partial charge in [-0.25, -0.2) is 0 Å². The summed E-state index contributed by atoms with van der Waals surface area (Å²) in [5.41, 5.74) is -0.0881. The van der Waals surface area contributed by atoms with Gasteiger partial charge in [0.15, 0.2) is 5.75 Å². The molecule has 1 amide bonds. The quantitative estimate of drug-likeness (QED) is 0.888. The van der Waals surface area contributed by atoms with E-state index in [1.54, 1.807) is 10.6 Å². The molecule has 1 N–H and O–H groups in total. The summed E-state index contributed by atoms with van der Waals surface area (Å²) >= 11 is 0. The van der Waals surface area contributed by atoms with Crippen LogP contribution in [-0.4, -0.2) is 48.2 Å². The van der Waals surface area contributed by atoms with Crippen molar-refractivity contribution in [3.8, 4) is 5.75 Å². The fraction of sp³-hybridized carbons (Fsp3) is 0.667. The Bertz CT molecular complexity index is 602. The first-order valence-corrected chi connectivity index (χ1v) is 9.08. The van der Waals surface area contributed by atoms with E-state index < -0.39 is 0 Å². The SMILES string of the molecule is O=C(CCOc1cccn(C2CCNCC2)c1=O)N1CCCCC1. The van der Waals surface area contributed by atoms with Crippen molar-refractivity contribution in [3.05, 3.63) is 28.7 Å². The van der Waals surface area contributed by atoms with Gasteiger partial charge in [-0.2, -0.15) is 0 Å². The molecule has 2 fully saturated rings. The zero-order valence-corrected chi connectivity index (χ0v) is 14.2. The number of aromatic nitrogens is 1. The molecule has 132 valence electrons. The van der Waals surface area contributed by atoms with E-state index in [2.05, 4.69) is 5.32 Å². The summed E-state index contributed by atoms with van der Waals surface area (Å²) in [6.45, 7) is 3.85. The van der Waals surface area contributed by atoms with Crippen LogP contribution in [0.1, 0.15) is 44.6 Å². The van der Waals surface area contributed by atoms with Crippen LogP contribution in [0.5, 0.6) is 5.75 Å². The maximum atomic E-state index is 12.6. The molecule has 6 nitrogen and oxygen atoms in total. The Morgan fingerprint density at radius 3 is 2.71 bits per heavy atom. The second-order valence-electron chi connectivity index (χ2n) is 6.61. The van der Waals surface area contributed by atoms with E-state index >= 15 is 0 Å². The Kier molecular flexibility index (Phi) is 5.91. The predicted molar refractivity (Wildman–Crippen MR) is 92.4 cm³/mol. The average molecular weight is 333 g/mol. The zero-order valence-electron chi connectivity index (χ0n) is 14.2. The first kappa shape index (κ1) is 17.0. The maximum Gasteiger partial charge on any atom is 0.293 e. The molecule has 2 aliphatic heterocycles. The molecule has 0 aliphatic carbocycles. The molecule has 1 aromatic heterocycles. The average Bonchev–Trinajstić information content (AvgIpc) is 2.64. The second-order valence-corrected chi connectivity index (χ2v) is 6.61. The summed E-state index contributed by atoms with van der Waals surface area (Å²) in [4.78, 5) is 26.6. The van der Waals surface area contributed by atoms with Crippen molar-refractivity contribution in [3.63, 3.8) is 0 Å². The summed E-state index contributed by atoms with van der Waals surface area (Å²) in [7, 11) is 0. The summed E-state index contributed by atoms with van der Waals surface area (Å²) in [6, 6.07) is 3.79. The lowest BCUT2D eigenvalue weighted by Crippen LogP contribution is -2.36. The van der Waals surface area contributed by atoms with Crippen molar-refractivity contribution in [2.24, 2.45) is 0 Å². The Balaban J connectivity index is 1.55. The maximum absolute atomic E-state index is 12.6. The lowest BCUT2D eigenvalue weighted by atomic mass is 10.1. The number of piperidine rings is 2. The highest BCUT2D eigenvalue weighted by atomic mass is 16.5. The number of rotatable bonds is 5. The van der Waals surface area contributed by atoms with Crippen LogP contribution < -0.4 is 15.6 Å². The first-order chi connectivity index (χ1) is 11.8. The number of ether oxygens (including phenoxy) is 1. The largest absolute Gasteiger partial charge is 0.487 e. The number of likely N-dealkylation sites (tertiary alicyclic amines) is 1. The lowest BCUT2D eigenvalue weighted by Gasteiger charge is -2.26. The van der Waals surface area contributed by atoms with Crippen molar-refractivity contribution >= 4 is 5.91 Å². The van der Waals surface area contributed by atoms with E-state index in [0.717, 1.165) is 51.9 Å². The third-order valence-corrected chi connectivity index (χ3v) is 4.92. The molecule has 0 atom stereocenters. The van der Waals surface area contributed by atoms with Crippen LogP contribution >= 0.6 is 0 Å². The fourth-order valence-electron chi connectivity index (χ4n) is 3.52. The molecule has 0 aromatic carbocycles. The number of hydrogen-bond acceptors (Lipinski definition) is 4. The molecule has 1 aromatic rings. The number of nitrogens with one attached hydrogen (secondary N) is 1. The number of hydrogen-bond donors (Lipinski definition) is 1. The van der Waals surface area contributed by atoms with Gasteiger partial charge in [0.25, 0.3) is 5.56 Å². The standard InChI is InChI=1S/C18H27N3O3/c22-17(20-11-2-1-3-12-20)8-14-24-16-5-4-13-21(18(16)23)15-6-9-19-10-7-15/h4-5,13,15,19H,1-3,6-12,14H2. The third-order valence-electron chi connectivity index (χ3n) is 4.92. The molecule has 6 heteroatoms. The number of pyridine rings is 1. The van der Waals surface area contributed by atoms with Gasteiger partial charge >= 0.3 is 0 Å². The number of nitrogens with zero attached hydrogens (tertiary/aromatic N) is 2. The van der Waals surface area contributed by atoms with Crippen LogP contribution in [-0.2, 0) is 4.79 Å². The number of carbonyl (C=O) groups excluding carboxylic acids is 1. The van der Waals surface area contributed by atoms with E-state index in [-0.39, 0.29) is 24.1 Å². The monoisotopic (exact) mass is 333 g/mol. The first-order valence-electron chi connectivity index (χ1n) is 9.08. The van der Waals surface area contributed by atoms with Crippen molar-refractivity contribution in [2.75, 3.05) is 32.8 Å². The Morgan fingerprint density at radius 2 is 1.96 bits per heavy atom. The van der Waals surface area contributed by atoms with Crippen molar-refractivity contribution in [1.29, 1.82) is 0 Å². The minimum absolute atomic E-state index is 0.0881. The molecular weight excluding hydrogens is 306 g/mol. The van der Waals surface area contributed by atoms with E-state index in [1.165, 1.54) is 6.42 Å². The minimum atomic E-state index is -0.0881. The highest BCUT2D eigenvalue weighted by Gasteiger charge is 2.18. The van der Waals surface area contributed by atoms with Crippen LogP contribution in [0.15, 0.2) is 23.1 Å². The lowest BCUT2D eigenvalue weighted by molar-refractivity contribution is -0.132. The van der Waals surface area contributed by atoms with Crippen molar-refractivity contribution in [2.45, 2.75) is 44.6 Å². The van der Waals surface area contributed by atoms with E-state index in [0.29, 0.717) is 12.2 Å². The van der Waals surface area contributed by atoms with Crippen LogP contribution in [0.3, 0.4) is 0 Å². The van der Waals surface area contributed by atoms with Gasteiger partial charge in [0.1, 0.15) is 0 Å². The molecule has 3 heterocycles. The molecule has 0 saturated carbocycles. The molecule has 2 saturated heterocycles. The van der Waals surface area contributed by atoms with E-state index in [1.807, 2.05) is 17.2 Å². The topological polar surface area (TPSA) is 63.6 Å². The number of amides is 1. The molecule has 0 bridgehead atoms. The fourth-order valence-corrected chi connectivity index (χ4v) is 3.52.